The summed E-state index contributed by atoms with van der Waals surface area (Å²) < 4.78 is 105. The number of Topliss-reactive ketones (excluding diaryl/α,β-unsaturated/α-hetero) is 1. The number of aromatic nitrogens is 2. The lowest BCUT2D eigenvalue weighted by molar-refractivity contribution is -0.137. The first-order valence-electron chi connectivity index (χ1n) is 10.3. The molecule has 0 aliphatic carbocycles. The van der Waals surface area contributed by atoms with Crippen molar-refractivity contribution < 1.29 is 45.0 Å². The minimum atomic E-state index is -4.96. The van der Waals surface area contributed by atoms with E-state index in [0.29, 0.717) is 29.7 Å². The number of nitrogens with one attached hydrogen (secondary N) is 1. The smallest absolute Gasteiger partial charge is 0.416 e. The molecule has 0 aliphatic heterocycles. The molecule has 0 saturated carbocycles. The molecule has 1 aromatic heterocycles. The second-order valence-corrected chi connectivity index (χ2v) is 10.0. The van der Waals surface area contributed by atoms with E-state index < -0.39 is 67.2 Å². The number of aliphatic hydroxyl groups excluding tert-OH is 1. The maximum atomic E-state index is 14.7. The molecule has 0 aliphatic rings. The molecular weight excluding hydrogens is 557 g/mol. The molecule has 3 aromatic carbocycles. The minimum Gasteiger partial charge on any atom is -0.454 e. The van der Waals surface area contributed by atoms with Crippen molar-refractivity contribution in [3.05, 3.63) is 95.3 Å². The number of benzene rings is 3. The Morgan fingerprint density at radius 3 is 2.37 bits per heavy atom. The Morgan fingerprint density at radius 2 is 1.74 bits per heavy atom. The molecule has 8 nitrogen and oxygen atoms in total. The summed E-state index contributed by atoms with van der Waals surface area (Å²) in [6, 6.07) is 9.69. The van der Waals surface area contributed by atoms with Crippen LogP contribution in [0.1, 0.15) is 27.6 Å². The number of aliphatic hydroxyl groups is 1. The van der Waals surface area contributed by atoms with Gasteiger partial charge in [-0.3, -0.25) is 9.52 Å². The van der Waals surface area contributed by atoms with Crippen molar-refractivity contribution in [2.24, 2.45) is 0 Å². The van der Waals surface area contributed by atoms with E-state index >= 15 is 0 Å². The Hall–Kier alpha value is -3.95. The molecule has 0 amide bonds. The lowest BCUT2D eigenvalue weighted by Crippen LogP contribution is -2.15. The Kier molecular flexibility index (Phi) is 7.44. The van der Waals surface area contributed by atoms with Gasteiger partial charge in [-0.15, -0.1) is 0 Å². The number of ketones is 1. The van der Waals surface area contributed by atoms with E-state index in [0.717, 1.165) is 12.4 Å². The number of nitrogens with zero attached hydrogens (tertiary/aromatic N) is 2. The van der Waals surface area contributed by atoms with Gasteiger partial charge in [0, 0.05) is 29.2 Å². The topological polar surface area (TPSA) is 118 Å². The van der Waals surface area contributed by atoms with Crippen LogP contribution >= 0.6 is 11.5 Å². The Bertz CT molecular complexity index is 1580. The molecule has 0 spiro atoms. The summed E-state index contributed by atoms with van der Waals surface area (Å²) in [4.78, 5) is 15.0. The van der Waals surface area contributed by atoms with Gasteiger partial charge in [0.2, 0.25) is 5.13 Å². The summed E-state index contributed by atoms with van der Waals surface area (Å²) in [5, 5.41) is 10.2. The van der Waals surface area contributed by atoms with E-state index in [-0.39, 0.29) is 16.8 Å². The second-order valence-electron chi connectivity index (χ2n) is 7.59. The van der Waals surface area contributed by atoms with Gasteiger partial charge < -0.3 is 9.84 Å². The lowest BCUT2D eigenvalue weighted by Gasteiger charge is -2.16. The van der Waals surface area contributed by atoms with Crippen LogP contribution in [0, 0.1) is 11.6 Å². The van der Waals surface area contributed by atoms with E-state index in [1.54, 1.807) is 6.07 Å². The number of hydrogen-bond donors (Lipinski definition) is 2. The summed E-state index contributed by atoms with van der Waals surface area (Å²) in [5.74, 6) is -5.47. The maximum Gasteiger partial charge on any atom is 0.416 e. The molecule has 38 heavy (non-hydrogen) atoms. The SMILES string of the molecule is O=C(c1ccccc1)C(O)c1cc(Oc2cc(F)c(S(=O)(=O)Nc3ncns3)cc2F)cc(C(F)(F)F)c1. The van der Waals surface area contributed by atoms with Gasteiger partial charge in [-0.25, -0.2) is 22.2 Å². The molecule has 1 heterocycles. The molecular formula is C23H14F5N3O5S2. The van der Waals surface area contributed by atoms with Crippen molar-refractivity contribution in [3.63, 3.8) is 0 Å². The van der Waals surface area contributed by atoms with Crippen molar-refractivity contribution in [1.29, 1.82) is 0 Å². The van der Waals surface area contributed by atoms with Crippen molar-refractivity contribution >= 4 is 32.5 Å². The van der Waals surface area contributed by atoms with Gasteiger partial charge in [0.05, 0.1) is 5.56 Å². The number of halogens is 5. The molecule has 1 unspecified atom stereocenters. The van der Waals surface area contributed by atoms with Crippen LogP contribution in [0.4, 0.5) is 27.1 Å². The minimum absolute atomic E-state index is 0.0203. The summed E-state index contributed by atoms with van der Waals surface area (Å²) in [6.45, 7) is 0. The molecule has 4 aromatic rings. The number of anilines is 1. The van der Waals surface area contributed by atoms with Crippen LogP contribution in [0.25, 0.3) is 0 Å². The van der Waals surface area contributed by atoms with Gasteiger partial charge in [-0.1, -0.05) is 30.3 Å². The quantitative estimate of drug-likeness (QED) is 0.216. The van der Waals surface area contributed by atoms with E-state index in [1.807, 2.05) is 4.72 Å². The van der Waals surface area contributed by atoms with Crippen LogP contribution in [0.2, 0.25) is 0 Å². The van der Waals surface area contributed by atoms with Gasteiger partial charge >= 0.3 is 6.18 Å². The number of carbonyl (C=O) groups is 1. The van der Waals surface area contributed by atoms with Gasteiger partial charge in [0.15, 0.2) is 17.3 Å². The molecule has 1 atom stereocenters. The fourth-order valence-corrected chi connectivity index (χ4v) is 4.96. The standard InChI is InChI=1S/C23H14F5N3O5S2/c24-16-10-19(38(34,35)31-22-29-11-30-37-22)17(25)9-18(16)36-15-7-13(6-14(8-15)23(26,27)28)21(33)20(32)12-4-2-1-3-5-12/h1-11,21,33H,(H,29,30,31). The van der Waals surface area contributed by atoms with Crippen LogP contribution in [0.15, 0.2) is 71.9 Å². The zero-order chi connectivity index (χ0) is 27.7. The maximum absolute atomic E-state index is 14.7. The normalized spacial score (nSPS) is 12.7. The molecule has 0 fully saturated rings. The lowest BCUT2D eigenvalue weighted by atomic mass is 9.98. The molecule has 0 bridgehead atoms. The Morgan fingerprint density at radius 1 is 1.03 bits per heavy atom. The molecule has 198 valence electrons. The summed E-state index contributed by atoms with van der Waals surface area (Å²) in [7, 11) is -4.64. The number of hydrogen-bond acceptors (Lipinski definition) is 8. The predicted molar refractivity (Wildman–Crippen MR) is 124 cm³/mol. The highest BCUT2D eigenvalue weighted by Crippen LogP contribution is 2.37. The fraction of sp³-hybridized carbons (Fsp3) is 0.0870. The van der Waals surface area contributed by atoms with Crippen LogP contribution in [0.3, 0.4) is 0 Å². The van der Waals surface area contributed by atoms with Crippen molar-refractivity contribution in [3.8, 4) is 11.5 Å². The Balaban J connectivity index is 1.68. The third-order valence-electron chi connectivity index (χ3n) is 4.97. The predicted octanol–water partition coefficient (Wildman–Crippen LogP) is 5.34. The van der Waals surface area contributed by atoms with Crippen LogP contribution in [0.5, 0.6) is 11.5 Å². The highest BCUT2D eigenvalue weighted by Gasteiger charge is 2.33. The van der Waals surface area contributed by atoms with Crippen molar-refractivity contribution in [2.45, 2.75) is 17.2 Å². The number of ether oxygens (including phenoxy) is 1. The molecule has 4 rings (SSSR count). The monoisotopic (exact) mass is 571 g/mol. The van der Waals surface area contributed by atoms with Crippen molar-refractivity contribution in [1.82, 2.24) is 9.36 Å². The van der Waals surface area contributed by atoms with Crippen molar-refractivity contribution in [2.75, 3.05) is 4.72 Å². The van der Waals surface area contributed by atoms with Gasteiger partial charge in [-0.05, 0) is 23.8 Å². The highest BCUT2D eigenvalue weighted by atomic mass is 32.2. The number of sulfonamides is 1. The summed E-state index contributed by atoms with van der Waals surface area (Å²) >= 11 is 0.638. The average Bonchev–Trinajstić information content (AvgIpc) is 3.37. The van der Waals surface area contributed by atoms with Crippen LogP contribution < -0.4 is 9.46 Å². The molecule has 0 saturated heterocycles. The zero-order valence-corrected chi connectivity index (χ0v) is 20.2. The van der Waals surface area contributed by atoms with E-state index in [4.69, 9.17) is 4.74 Å². The van der Waals surface area contributed by atoms with E-state index in [1.165, 1.54) is 24.3 Å². The van der Waals surface area contributed by atoms with Gasteiger partial charge in [0.1, 0.15) is 28.9 Å². The third kappa shape index (κ3) is 5.95. The molecule has 15 heteroatoms. The first-order chi connectivity index (χ1) is 17.8. The molecule has 0 radical (unpaired) electrons. The van der Waals surface area contributed by atoms with Crippen LogP contribution in [-0.2, 0) is 16.2 Å². The van der Waals surface area contributed by atoms with Gasteiger partial charge in [-0.2, -0.15) is 17.5 Å². The highest BCUT2D eigenvalue weighted by molar-refractivity contribution is 7.93. The van der Waals surface area contributed by atoms with Gasteiger partial charge in [0.25, 0.3) is 10.0 Å². The first kappa shape index (κ1) is 27.1. The molecule has 2 N–H and O–H groups in total. The first-order valence-corrected chi connectivity index (χ1v) is 12.6. The summed E-state index contributed by atoms with van der Waals surface area (Å²) in [6.07, 6.45) is -5.96. The third-order valence-corrected chi connectivity index (χ3v) is 7.03. The number of carbonyl (C=O) groups excluding carboxylic acids is 1. The van der Waals surface area contributed by atoms with E-state index in [2.05, 4.69) is 9.36 Å². The van der Waals surface area contributed by atoms with E-state index in [9.17, 15) is 40.3 Å². The number of rotatable bonds is 8. The Labute approximate surface area is 215 Å². The number of alkyl halides is 3. The largest absolute Gasteiger partial charge is 0.454 e. The second kappa shape index (κ2) is 10.4. The zero-order valence-electron chi connectivity index (χ0n) is 18.6. The average molecular weight is 572 g/mol. The summed E-state index contributed by atoms with van der Waals surface area (Å²) in [5.41, 5.74) is -1.84. The fourth-order valence-electron chi connectivity index (χ4n) is 3.22. The van der Waals surface area contributed by atoms with Crippen LogP contribution in [-0.4, -0.2) is 28.7 Å².